The van der Waals surface area contributed by atoms with Crippen molar-refractivity contribution >= 4 is 17.6 Å². The molecule has 1 fully saturated rings. The summed E-state index contributed by atoms with van der Waals surface area (Å²) in [6.45, 7) is 3.81. The molecule has 2 amide bonds. The van der Waals surface area contributed by atoms with Gasteiger partial charge in [-0.15, -0.1) is 0 Å². The highest BCUT2D eigenvalue weighted by Gasteiger charge is 2.71. The standard InChI is InChI=1S/C26H31F3N2O7/c1-24(2)11-16-20(17(32)12-24)25(26(27,28)29,23(34)31(16)13-15-7-6-8-38-15)30-22(33)14-9-18(35-3)21(37-5)19(10-14)36-4/h9-10,15H,6-8,11-13H2,1-5H3,(H,30,33)/t15-,25-/m0/s1. The molecular formula is C26H31F3N2O7. The molecule has 0 saturated carbocycles. The Morgan fingerprint density at radius 3 is 2.24 bits per heavy atom. The van der Waals surface area contributed by atoms with Gasteiger partial charge in [0.05, 0.1) is 39.6 Å². The molecule has 2 aliphatic heterocycles. The predicted molar refractivity (Wildman–Crippen MR) is 128 cm³/mol. The van der Waals surface area contributed by atoms with E-state index in [1.165, 1.54) is 33.5 Å². The Morgan fingerprint density at radius 2 is 1.74 bits per heavy atom. The number of allylic oxidation sites excluding steroid dienone is 1. The molecule has 1 saturated heterocycles. The second kappa shape index (κ2) is 9.79. The molecule has 1 N–H and O–H groups in total. The van der Waals surface area contributed by atoms with E-state index in [9.17, 15) is 14.4 Å². The maximum absolute atomic E-state index is 15.0. The Balaban J connectivity index is 1.84. The van der Waals surface area contributed by atoms with Crippen LogP contribution in [0, 0.1) is 5.41 Å². The lowest BCUT2D eigenvalue weighted by Gasteiger charge is -2.35. The van der Waals surface area contributed by atoms with Gasteiger partial charge in [-0.25, -0.2) is 0 Å². The molecule has 0 aromatic heterocycles. The number of Topliss-reactive ketones (excluding diaryl/α,β-unsaturated/α-hetero) is 1. The molecule has 2 heterocycles. The number of carbonyl (C=O) groups is 3. The molecule has 1 aromatic rings. The van der Waals surface area contributed by atoms with Gasteiger partial charge in [-0.2, -0.15) is 13.2 Å². The van der Waals surface area contributed by atoms with Gasteiger partial charge in [-0.1, -0.05) is 13.8 Å². The van der Waals surface area contributed by atoms with Crippen LogP contribution >= 0.6 is 0 Å². The van der Waals surface area contributed by atoms with Crippen LogP contribution in [0.3, 0.4) is 0 Å². The quantitative estimate of drug-likeness (QED) is 0.566. The molecule has 38 heavy (non-hydrogen) atoms. The minimum Gasteiger partial charge on any atom is -0.493 e. The van der Waals surface area contributed by atoms with Gasteiger partial charge in [-0.05, 0) is 36.8 Å². The number of nitrogens with one attached hydrogen (secondary N) is 1. The number of halogens is 3. The van der Waals surface area contributed by atoms with Gasteiger partial charge in [0.2, 0.25) is 11.3 Å². The molecule has 1 aliphatic carbocycles. The molecule has 12 heteroatoms. The average molecular weight is 541 g/mol. The van der Waals surface area contributed by atoms with Crippen molar-refractivity contribution in [3.63, 3.8) is 0 Å². The molecule has 1 aromatic carbocycles. The molecule has 0 bridgehead atoms. The number of ketones is 1. The van der Waals surface area contributed by atoms with E-state index in [1.54, 1.807) is 13.8 Å². The van der Waals surface area contributed by atoms with Gasteiger partial charge in [0, 0.05) is 24.3 Å². The Kier molecular flexibility index (Phi) is 7.15. The third-order valence-electron chi connectivity index (χ3n) is 7.18. The number of alkyl halides is 3. The van der Waals surface area contributed by atoms with Crippen molar-refractivity contribution in [2.24, 2.45) is 5.41 Å². The van der Waals surface area contributed by atoms with Crippen molar-refractivity contribution in [1.29, 1.82) is 0 Å². The fraction of sp³-hybridized carbons (Fsp3) is 0.577. The molecule has 2 atom stereocenters. The molecule has 208 valence electrons. The SMILES string of the molecule is COc1cc(C(=O)N[C@]2(C(F)(F)F)C(=O)N(C[C@@H]3CCCO3)C3=C2C(=O)CC(C)(C)C3)cc(OC)c1OC. The fourth-order valence-electron chi connectivity index (χ4n) is 5.47. The van der Waals surface area contributed by atoms with Gasteiger partial charge in [0.15, 0.2) is 17.3 Å². The number of ether oxygens (including phenoxy) is 4. The first-order chi connectivity index (χ1) is 17.8. The lowest BCUT2D eigenvalue weighted by molar-refractivity contribution is -0.191. The Bertz CT molecular complexity index is 1160. The molecule has 0 radical (unpaired) electrons. The van der Waals surface area contributed by atoms with Gasteiger partial charge in [-0.3, -0.25) is 14.4 Å². The zero-order chi connectivity index (χ0) is 28.0. The molecule has 0 spiro atoms. The number of methoxy groups -OCH3 is 3. The largest absolute Gasteiger partial charge is 0.493 e. The highest BCUT2D eigenvalue weighted by Crippen LogP contribution is 2.52. The van der Waals surface area contributed by atoms with Crippen molar-refractivity contribution in [2.45, 2.75) is 57.3 Å². The first-order valence-electron chi connectivity index (χ1n) is 12.2. The molecule has 0 unspecified atom stereocenters. The van der Waals surface area contributed by atoms with Crippen LogP contribution in [0.1, 0.15) is 49.9 Å². The van der Waals surface area contributed by atoms with Crippen LogP contribution in [0.15, 0.2) is 23.4 Å². The van der Waals surface area contributed by atoms with Crippen LogP contribution in [0.5, 0.6) is 17.2 Å². The number of rotatable bonds is 7. The normalized spacial score (nSPS) is 24.9. The van der Waals surface area contributed by atoms with Crippen LogP contribution in [0.25, 0.3) is 0 Å². The monoisotopic (exact) mass is 540 g/mol. The van der Waals surface area contributed by atoms with Crippen molar-refractivity contribution in [3.05, 3.63) is 29.0 Å². The maximum Gasteiger partial charge on any atom is 0.425 e. The van der Waals surface area contributed by atoms with Gasteiger partial charge >= 0.3 is 6.18 Å². The van der Waals surface area contributed by atoms with Crippen molar-refractivity contribution in [3.8, 4) is 17.2 Å². The van der Waals surface area contributed by atoms with Crippen molar-refractivity contribution < 1.29 is 46.5 Å². The molecule has 9 nitrogen and oxygen atoms in total. The van der Waals surface area contributed by atoms with Crippen LogP contribution in [0.2, 0.25) is 0 Å². The summed E-state index contributed by atoms with van der Waals surface area (Å²) in [6, 6.07) is 2.34. The number of hydrogen-bond donors (Lipinski definition) is 1. The summed E-state index contributed by atoms with van der Waals surface area (Å²) in [5.74, 6) is -3.29. The summed E-state index contributed by atoms with van der Waals surface area (Å²) in [5.41, 5.74) is -5.25. The zero-order valence-electron chi connectivity index (χ0n) is 21.9. The lowest BCUT2D eigenvalue weighted by atomic mass is 9.72. The molecular weight excluding hydrogens is 509 g/mol. The molecule has 3 aliphatic rings. The first kappa shape index (κ1) is 27.7. The summed E-state index contributed by atoms with van der Waals surface area (Å²) in [5, 5.41) is 1.92. The van der Waals surface area contributed by atoms with E-state index in [1.807, 2.05) is 5.32 Å². The van der Waals surface area contributed by atoms with E-state index < -0.39 is 46.4 Å². The third kappa shape index (κ3) is 4.48. The van der Waals surface area contributed by atoms with Crippen LogP contribution in [-0.4, -0.2) is 74.8 Å². The zero-order valence-corrected chi connectivity index (χ0v) is 21.9. The smallest absolute Gasteiger partial charge is 0.425 e. The fourth-order valence-corrected chi connectivity index (χ4v) is 5.47. The predicted octanol–water partition coefficient (Wildman–Crippen LogP) is 3.41. The number of carbonyl (C=O) groups excluding carboxylic acids is 3. The number of amides is 2. The highest BCUT2D eigenvalue weighted by molar-refractivity contribution is 6.14. The highest BCUT2D eigenvalue weighted by atomic mass is 19.4. The summed E-state index contributed by atoms with van der Waals surface area (Å²) in [6.07, 6.45) is -4.65. The van der Waals surface area contributed by atoms with Crippen LogP contribution in [0.4, 0.5) is 13.2 Å². The second-order valence-electron chi connectivity index (χ2n) is 10.4. The Labute approximate surface area is 218 Å². The van der Waals surface area contributed by atoms with Gasteiger partial charge < -0.3 is 29.2 Å². The van der Waals surface area contributed by atoms with Gasteiger partial charge in [0.25, 0.3) is 11.8 Å². The van der Waals surface area contributed by atoms with Crippen LogP contribution in [-0.2, 0) is 14.3 Å². The van der Waals surface area contributed by atoms with E-state index in [-0.39, 0.29) is 47.9 Å². The average Bonchev–Trinajstić information content (AvgIpc) is 3.43. The minimum atomic E-state index is -5.32. The second-order valence-corrected chi connectivity index (χ2v) is 10.4. The molecule has 4 rings (SSSR count). The number of nitrogens with zero attached hydrogens (tertiary/aromatic N) is 1. The first-order valence-corrected chi connectivity index (χ1v) is 12.2. The van der Waals surface area contributed by atoms with E-state index in [2.05, 4.69) is 0 Å². The van der Waals surface area contributed by atoms with E-state index in [4.69, 9.17) is 18.9 Å². The van der Waals surface area contributed by atoms with Crippen molar-refractivity contribution in [1.82, 2.24) is 10.2 Å². The van der Waals surface area contributed by atoms with E-state index in [0.717, 1.165) is 4.90 Å². The maximum atomic E-state index is 15.0. The lowest BCUT2D eigenvalue weighted by Crippen LogP contribution is -2.66. The summed E-state index contributed by atoms with van der Waals surface area (Å²) < 4.78 is 66.3. The topological polar surface area (TPSA) is 103 Å². The van der Waals surface area contributed by atoms with E-state index in [0.29, 0.717) is 19.4 Å². The Morgan fingerprint density at radius 1 is 1.11 bits per heavy atom. The summed E-state index contributed by atoms with van der Waals surface area (Å²) >= 11 is 0. The van der Waals surface area contributed by atoms with E-state index >= 15 is 13.2 Å². The minimum absolute atomic E-state index is 0.0192. The number of hydrogen-bond acceptors (Lipinski definition) is 7. The van der Waals surface area contributed by atoms with Crippen molar-refractivity contribution in [2.75, 3.05) is 34.5 Å². The summed E-state index contributed by atoms with van der Waals surface area (Å²) in [4.78, 5) is 41.5. The Hall–Kier alpha value is -3.28. The van der Waals surface area contributed by atoms with Crippen LogP contribution < -0.4 is 19.5 Å². The summed E-state index contributed by atoms with van der Waals surface area (Å²) in [7, 11) is 3.92. The van der Waals surface area contributed by atoms with Gasteiger partial charge in [0.1, 0.15) is 0 Å². The third-order valence-corrected chi connectivity index (χ3v) is 7.18. The number of benzene rings is 1.